The molecule has 0 unspecified atom stereocenters. The van der Waals surface area contributed by atoms with Gasteiger partial charge in [0.2, 0.25) is 0 Å². The first-order valence-corrected chi connectivity index (χ1v) is 18.4. The second kappa shape index (κ2) is 16.9. The molecule has 0 radical (unpaired) electrons. The highest BCUT2D eigenvalue weighted by molar-refractivity contribution is 5.66. The van der Waals surface area contributed by atoms with E-state index in [2.05, 4.69) is 62.3 Å². The maximum absolute atomic E-state index is 2.45. The Morgan fingerprint density at radius 1 is 0.341 bits per heavy atom. The molecule has 0 spiro atoms. The Labute approximate surface area is 256 Å². The summed E-state index contributed by atoms with van der Waals surface area (Å²) in [5.74, 6) is 0.589. The van der Waals surface area contributed by atoms with Crippen molar-refractivity contribution in [3.8, 4) is 0 Å². The Bertz CT molecular complexity index is 1030. The number of hydrogen-bond acceptors (Lipinski definition) is 0. The summed E-state index contributed by atoms with van der Waals surface area (Å²) in [6, 6.07) is 0. The molecule has 230 valence electrons. The first-order valence-electron chi connectivity index (χ1n) is 18.4. The summed E-state index contributed by atoms with van der Waals surface area (Å²) in [6.45, 7) is 21.8. The monoisotopic (exact) mass is 559 g/mol. The van der Waals surface area contributed by atoms with Crippen LogP contribution in [0, 0.1) is 0 Å². The van der Waals surface area contributed by atoms with E-state index in [1.54, 1.807) is 55.6 Å². The van der Waals surface area contributed by atoms with E-state index in [-0.39, 0.29) is 0 Å². The molecule has 41 heavy (non-hydrogen) atoms. The summed E-state index contributed by atoms with van der Waals surface area (Å²) in [4.78, 5) is 0. The Kier molecular flexibility index (Phi) is 14.0. The molecule has 2 aromatic rings. The van der Waals surface area contributed by atoms with Crippen LogP contribution in [0.15, 0.2) is 0 Å². The maximum Gasteiger partial charge on any atom is 0.0101 e. The molecule has 0 N–H and O–H groups in total. The normalized spacial score (nSPS) is 13.1. The van der Waals surface area contributed by atoms with Gasteiger partial charge in [0, 0.05) is 5.92 Å². The highest BCUT2D eigenvalue weighted by Crippen LogP contribution is 2.50. The molecular weight excluding hydrogens is 492 g/mol. The number of rotatable bonds is 18. The fourth-order valence-electron chi connectivity index (χ4n) is 8.63. The Morgan fingerprint density at radius 2 is 0.610 bits per heavy atom. The van der Waals surface area contributed by atoms with E-state index in [1.165, 1.54) is 122 Å². The van der Waals surface area contributed by atoms with Crippen molar-refractivity contribution in [3.63, 3.8) is 0 Å². The molecule has 3 rings (SSSR count). The topological polar surface area (TPSA) is 0 Å². The van der Waals surface area contributed by atoms with Crippen molar-refractivity contribution in [2.75, 3.05) is 0 Å². The minimum absolute atomic E-state index is 0.589. The molecule has 2 aromatic carbocycles. The summed E-state index contributed by atoms with van der Waals surface area (Å²) in [5.41, 5.74) is 21.6. The van der Waals surface area contributed by atoms with Crippen LogP contribution in [0.2, 0.25) is 0 Å². The van der Waals surface area contributed by atoms with Gasteiger partial charge >= 0.3 is 0 Å². The van der Waals surface area contributed by atoms with E-state index in [4.69, 9.17) is 0 Å². The minimum Gasteiger partial charge on any atom is -0.0653 e. The fourth-order valence-corrected chi connectivity index (χ4v) is 8.63. The lowest BCUT2D eigenvalue weighted by Gasteiger charge is -2.39. The summed E-state index contributed by atoms with van der Waals surface area (Å²) in [7, 11) is 0. The van der Waals surface area contributed by atoms with Gasteiger partial charge in [-0.3, -0.25) is 0 Å². The van der Waals surface area contributed by atoms with Crippen LogP contribution in [0.3, 0.4) is 0 Å². The van der Waals surface area contributed by atoms with Crippen LogP contribution in [0.5, 0.6) is 0 Å². The molecule has 0 heteroatoms. The predicted molar refractivity (Wildman–Crippen MR) is 184 cm³/mol. The molecular formula is C41H66. The van der Waals surface area contributed by atoms with Gasteiger partial charge in [0.1, 0.15) is 0 Å². The molecule has 0 saturated heterocycles. The summed E-state index contributed by atoms with van der Waals surface area (Å²) >= 11 is 0. The Morgan fingerprint density at radius 3 is 0.902 bits per heavy atom. The van der Waals surface area contributed by atoms with Gasteiger partial charge in [-0.05, 0) is 131 Å². The van der Waals surface area contributed by atoms with E-state index in [9.17, 15) is 0 Å². The zero-order valence-electron chi connectivity index (χ0n) is 29.0. The second-order valence-electron chi connectivity index (χ2n) is 13.1. The van der Waals surface area contributed by atoms with Crippen molar-refractivity contribution in [2.45, 2.75) is 190 Å². The van der Waals surface area contributed by atoms with Crippen LogP contribution < -0.4 is 0 Å². The van der Waals surface area contributed by atoms with Gasteiger partial charge in [-0.25, -0.2) is 0 Å². The van der Waals surface area contributed by atoms with Crippen molar-refractivity contribution >= 4 is 0 Å². The molecule has 0 amide bonds. The van der Waals surface area contributed by atoms with E-state index in [0.717, 1.165) is 0 Å². The van der Waals surface area contributed by atoms with E-state index < -0.39 is 0 Å². The van der Waals surface area contributed by atoms with E-state index in [1.807, 2.05) is 11.1 Å². The Hall–Kier alpha value is -1.56. The summed E-state index contributed by atoms with van der Waals surface area (Å²) in [6.07, 6.45) is 23.9. The zero-order valence-corrected chi connectivity index (χ0v) is 29.0. The molecule has 0 fully saturated rings. The second-order valence-corrected chi connectivity index (χ2v) is 13.1. The predicted octanol–water partition coefficient (Wildman–Crippen LogP) is 12.1. The van der Waals surface area contributed by atoms with Crippen molar-refractivity contribution in [2.24, 2.45) is 0 Å². The van der Waals surface area contributed by atoms with Gasteiger partial charge in [-0.2, -0.15) is 0 Å². The Balaban J connectivity index is 2.58. The number of benzene rings is 2. The molecule has 1 aliphatic rings. The molecule has 0 atom stereocenters. The van der Waals surface area contributed by atoms with Crippen LogP contribution in [0.25, 0.3) is 0 Å². The zero-order chi connectivity index (χ0) is 29.9. The van der Waals surface area contributed by atoms with Crippen LogP contribution in [0.4, 0.5) is 0 Å². The van der Waals surface area contributed by atoms with Gasteiger partial charge in [-0.1, -0.05) is 120 Å². The van der Waals surface area contributed by atoms with Gasteiger partial charge in [0.05, 0.1) is 0 Å². The number of hydrogen-bond donors (Lipinski definition) is 0. The first kappa shape index (κ1) is 33.9. The van der Waals surface area contributed by atoms with E-state index in [0.29, 0.717) is 5.92 Å². The van der Waals surface area contributed by atoms with Crippen LogP contribution >= 0.6 is 0 Å². The van der Waals surface area contributed by atoms with Crippen molar-refractivity contribution in [1.82, 2.24) is 0 Å². The van der Waals surface area contributed by atoms with Crippen LogP contribution in [0.1, 0.15) is 199 Å². The van der Waals surface area contributed by atoms with Gasteiger partial charge in [-0.15, -0.1) is 0 Å². The van der Waals surface area contributed by atoms with Crippen molar-refractivity contribution in [3.05, 3.63) is 66.8 Å². The molecule has 0 saturated carbocycles. The number of fused-ring (bicyclic) bond motifs is 2. The summed E-state index contributed by atoms with van der Waals surface area (Å²) in [5, 5.41) is 0. The third kappa shape index (κ3) is 6.99. The standard InChI is InChI=1S/C41H66/c1-10-19-29-31(21-12-3)35(25-16-7)40-37(27-18-9)41-36(26-17-8)32(22-13-4)30(20-11-2)34(24-15-6)39(41)28-38(40)33(29)23-14-5/h37H,10-28H2,1-9H3. The third-order valence-electron chi connectivity index (χ3n) is 9.84. The molecule has 0 heterocycles. The average Bonchev–Trinajstić information content (AvgIpc) is 2.96. The molecule has 1 aliphatic carbocycles. The smallest absolute Gasteiger partial charge is 0.0101 e. The average molecular weight is 559 g/mol. The highest BCUT2D eigenvalue weighted by Gasteiger charge is 2.36. The van der Waals surface area contributed by atoms with Gasteiger partial charge in [0.15, 0.2) is 0 Å². The van der Waals surface area contributed by atoms with Crippen LogP contribution in [-0.4, -0.2) is 0 Å². The molecule has 0 aromatic heterocycles. The minimum atomic E-state index is 0.589. The lowest BCUT2D eigenvalue weighted by Crippen LogP contribution is -2.26. The van der Waals surface area contributed by atoms with Crippen LogP contribution in [-0.2, 0) is 57.8 Å². The molecule has 0 nitrogen and oxygen atoms in total. The SMILES string of the molecule is CCCc1c(CCC)c(CCC)c2c(c1CCC)Cc1c(CCC)c(CCC)c(CCC)c(CCC)c1C2CCC. The highest BCUT2D eigenvalue weighted by atomic mass is 14.4. The lowest BCUT2D eigenvalue weighted by molar-refractivity contribution is 0.635. The van der Waals surface area contributed by atoms with Gasteiger partial charge in [0.25, 0.3) is 0 Å². The van der Waals surface area contributed by atoms with Crippen molar-refractivity contribution in [1.29, 1.82) is 0 Å². The lowest BCUT2D eigenvalue weighted by atomic mass is 9.65. The largest absolute Gasteiger partial charge is 0.0653 e. The van der Waals surface area contributed by atoms with Crippen molar-refractivity contribution < 1.29 is 0 Å². The molecule has 0 aliphatic heterocycles. The molecule has 0 bridgehead atoms. The van der Waals surface area contributed by atoms with E-state index >= 15 is 0 Å². The third-order valence-corrected chi connectivity index (χ3v) is 9.84. The first-order chi connectivity index (χ1) is 20.0. The summed E-state index contributed by atoms with van der Waals surface area (Å²) < 4.78 is 0. The fraction of sp³-hybridized carbons (Fsp3) is 0.707. The maximum atomic E-state index is 2.45. The van der Waals surface area contributed by atoms with Gasteiger partial charge < -0.3 is 0 Å². The quantitative estimate of drug-likeness (QED) is 0.171.